The molecule has 0 saturated carbocycles. The molecule has 3 aromatic rings. The molecule has 0 bridgehead atoms. The van der Waals surface area contributed by atoms with Gasteiger partial charge < -0.3 is 15.0 Å². The summed E-state index contributed by atoms with van der Waals surface area (Å²) in [5.74, 6) is 0.232. The lowest BCUT2D eigenvalue weighted by molar-refractivity contribution is -0.123. The fraction of sp³-hybridized carbons (Fsp3) is 0.250. The van der Waals surface area contributed by atoms with Gasteiger partial charge in [-0.1, -0.05) is 24.3 Å². The van der Waals surface area contributed by atoms with Crippen LogP contribution in [0.15, 0.2) is 42.5 Å². The number of amides is 1. The highest BCUT2D eigenvalue weighted by Crippen LogP contribution is 2.27. The third-order valence-corrected chi connectivity index (χ3v) is 4.24. The molecule has 0 fully saturated rings. The number of carbonyl (C=O) groups excluding carboxylic acids is 1. The van der Waals surface area contributed by atoms with Crippen LogP contribution in [0.25, 0.3) is 10.9 Å². The largest absolute Gasteiger partial charge is 0.484 e. The van der Waals surface area contributed by atoms with Crippen molar-refractivity contribution in [1.29, 1.82) is 0 Å². The first-order chi connectivity index (χ1) is 12.1. The Morgan fingerprint density at radius 1 is 1.16 bits per heavy atom. The first-order valence-electron chi connectivity index (χ1n) is 8.27. The molecule has 0 aliphatic rings. The number of halogens is 1. The minimum atomic E-state index is -0.254. The number of hydrogen-bond donors (Lipinski definition) is 2. The van der Waals surface area contributed by atoms with E-state index in [4.69, 9.17) is 4.74 Å². The molecule has 0 saturated heterocycles. The van der Waals surface area contributed by atoms with Crippen LogP contribution in [0.2, 0.25) is 0 Å². The molecule has 2 N–H and O–H groups in total. The van der Waals surface area contributed by atoms with Gasteiger partial charge in [0.1, 0.15) is 11.6 Å². The van der Waals surface area contributed by atoms with Gasteiger partial charge >= 0.3 is 0 Å². The first kappa shape index (κ1) is 17.0. The molecule has 2 aromatic carbocycles. The topological polar surface area (TPSA) is 54.1 Å². The average molecular weight is 340 g/mol. The zero-order chi connectivity index (χ0) is 17.8. The number of benzene rings is 2. The highest BCUT2D eigenvalue weighted by atomic mass is 19.1. The normalized spacial score (nSPS) is 10.8. The van der Waals surface area contributed by atoms with E-state index in [0.717, 1.165) is 22.2 Å². The number of aromatic nitrogens is 1. The zero-order valence-electron chi connectivity index (χ0n) is 14.4. The molecular weight excluding hydrogens is 319 g/mol. The molecule has 1 amide bonds. The standard InChI is InChI=1S/C20H21FN2O2/c1-13-8-9-17(21)20-19(13)16(14(2)23-20)10-11-22-18(24)12-25-15-6-4-3-5-7-15/h3-9,23H,10-12H2,1-2H3,(H,22,24). The number of aromatic amines is 1. The van der Waals surface area contributed by atoms with E-state index in [-0.39, 0.29) is 18.3 Å². The molecule has 4 nitrogen and oxygen atoms in total. The number of carbonyl (C=O) groups is 1. The number of nitrogens with one attached hydrogen (secondary N) is 2. The Balaban J connectivity index is 1.59. The monoisotopic (exact) mass is 340 g/mol. The van der Waals surface area contributed by atoms with Crippen molar-refractivity contribution in [1.82, 2.24) is 10.3 Å². The Kier molecular flexibility index (Phi) is 5.03. The Bertz CT molecular complexity index is 888. The lowest BCUT2D eigenvalue weighted by Crippen LogP contribution is -2.30. The van der Waals surface area contributed by atoms with Crippen LogP contribution in [0.1, 0.15) is 16.8 Å². The molecule has 130 valence electrons. The van der Waals surface area contributed by atoms with Crippen LogP contribution < -0.4 is 10.1 Å². The average Bonchev–Trinajstić information content (AvgIpc) is 2.95. The van der Waals surface area contributed by atoms with Crippen LogP contribution in [-0.2, 0) is 11.2 Å². The number of fused-ring (bicyclic) bond motifs is 1. The molecular formula is C20H21FN2O2. The van der Waals surface area contributed by atoms with Crippen molar-refractivity contribution in [3.8, 4) is 5.75 Å². The number of para-hydroxylation sites is 1. The molecule has 0 aliphatic heterocycles. The number of aryl methyl sites for hydroxylation is 2. The second kappa shape index (κ2) is 7.38. The number of hydrogen-bond acceptors (Lipinski definition) is 2. The van der Waals surface area contributed by atoms with Gasteiger partial charge in [-0.2, -0.15) is 0 Å². The van der Waals surface area contributed by atoms with E-state index >= 15 is 0 Å². The van der Waals surface area contributed by atoms with Crippen molar-refractivity contribution in [3.63, 3.8) is 0 Å². The molecule has 25 heavy (non-hydrogen) atoms. The van der Waals surface area contributed by atoms with Gasteiger partial charge in [0.15, 0.2) is 6.61 Å². The SMILES string of the molecule is Cc1[nH]c2c(F)ccc(C)c2c1CCNC(=O)COc1ccccc1. The van der Waals surface area contributed by atoms with Crippen LogP contribution >= 0.6 is 0 Å². The summed E-state index contributed by atoms with van der Waals surface area (Å²) in [7, 11) is 0. The van der Waals surface area contributed by atoms with E-state index in [0.29, 0.717) is 24.2 Å². The molecule has 0 atom stereocenters. The van der Waals surface area contributed by atoms with Crippen molar-refractivity contribution < 1.29 is 13.9 Å². The summed E-state index contributed by atoms with van der Waals surface area (Å²) in [5, 5.41) is 3.76. The van der Waals surface area contributed by atoms with Crippen molar-refractivity contribution in [2.24, 2.45) is 0 Å². The lowest BCUT2D eigenvalue weighted by atomic mass is 10.0. The summed E-state index contributed by atoms with van der Waals surface area (Å²) >= 11 is 0. The fourth-order valence-corrected chi connectivity index (χ4v) is 3.00. The highest BCUT2D eigenvalue weighted by molar-refractivity contribution is 5.88. The predicted octanol–water partition coefficient (Wildman–Crippen LogP) is 3.66. The Morgan fingerprint density at radius 2 is 1.92 bits per heavy atom. The predicted molar refractivity (Wildman–Crippen MR) is 96.4 cm³/mol. The number of ether oxygens (including phenoxy) is 1. The van der Waals surface area contributed by atoms with Gasteiger partial charge in [-0.25, -0.2) is 4.39 Å². The van der Waals surface area contributed by atoms with E-state index in [9.17, 15) is 9.18 Å². The van der Waals surface area contributed by atoms with Crippen molar-refractivity contribution in [2.75, 3.05) is 13.2 Å². The summed E-state index contributed by atoms with van der Waals surface area (Å²) < 4.78 is 19.4. The van der Waals surface area contributed by atoms with Gasteiger partial charge in [-0.3, -0.25) is 4.79 Å². The van der Waals surface area contributed by atoms with Crippen molar-refractivity contribution >= 4 is 16.8 Å². The zero-order valence-corrected chi connectivity index (χ0v) is 14.4. The third kappa shape index (κ3) is 3.82. The fourth-order valence-electron chi connectivity index (χ4n) is 3.00. The van der Waals surface area contributed by atoms with E-state index in [1.165, 1.54) is 6.07 Å². The van der Waals surface area contributed by atoms with Crippen molar-refractivity contribution in [2.45, 2.75) is 20.3 Å². The quantitative estimate of drug-likeness (QED) is 0.719. The van der Waals surface area contributed by atoms with Crippen LogP contribution in [0, 0.1) is 19.7 Å². The summed E-state index contributed by atoms with van der Waals surface area (Å²) in [6, 6.07) is 12.5. The summed E-state index contributed by atoms with van der Waals surface area (Å²) in [6.45, 7) is 4.34. The first-order valence-corrected chi connectivity index (χ1v) is 8.27. The second-order valence-corrected chi connectivity index (χ2v) is 6.04. The summed E-state index contributed by atoms with van der Waals surface area (Å²) in [4.78, 5) is 15.0. The maximum absolute atomic E-state index is 14.0. The Hall–Kier alpha value is -2.82. The molecule has 5 heteroatoms. The molecule has 0 unspecified atom stereocenters. The smallest absolute Gasteiger partial charge is 0.257 e. The van der Waals surface area contributed by atoms with Gasteiger partial charge in [0, 0.05) is 17.6 Å². The maximum Gasteiger partial charge on any atom is 0.257 e. The number of H-pyrrole nitrogens is 1. The summed E-state index contributed by atoms with van der Waals surface area (Å²) in [5.41, 5.74) is 3.52. The van der Waals surface area contributed by atoms with Crippen LogP contribution in [0.3, 0.4) is 0 Å². The van der Waals surface area contributed by atoms with Crippen molar-refractivity contribution in [3.05, 3.63) is 65.1 Å². The van der Waals surface area contributed by atoms with Crippen LogP contribution in [0.4, 0.5) is 4.39 Å². The minimum absolute atomic E-state index is 0.0233. The molecule has 0 radical (unpaired) electrons. The van der Waals surface area contributed by atoms with Gasteiger partial charge in [-0.15, -0.1) is 0 Å². The van der Waals surface area contributed by atoms with Crippen LogP contribution in [-0.4, -0.2) is 24.0 Å². The van der Waals surface area contributed by atoms with E-state index in [1.807, 2.05) is 32.0 Å². The molecule has 0 spiro atoms. The van der Waals surface area contributed by atoms with Gasteiger partial charge in [0.05, 0.1) is 5.52 Å². The van der Waals surface area contributed by atoms with E-state index < -0.39 is 0 Å². The second-order valence-electron chi connectivity index (χ2n) is 6.04. The van der Waals surface area contributed by atoms with Gasteiger partial charge in [0.25, 0.3) is 5.91 Å². The minimum Gasteiger partial charge on any atom is -0.484 e. The molecule has 0 aliphatic carbocycles. The summed E-state index contributed by atoms with van der Waals surface area (Å²) in [6.07, 6.45) is 0.632. The lowest BCUT2D eigenvalue weighted by Gasteiger charge is -2.08. The van der Waals surface area contributed by atoms with E-state index in [1.54, 1.807) is 18.2 Å². The van der Waals surface area contributed by atoms with Gasteiger partial charge in [0.2, 0.25) is 0 Å². The van der Waals surface area contributed by atoms with Crippen LogP contribution in [0.5, 0.6) is 5.75 Å². The van der Waals surface area contributed by atoms with Gasteiger partial charge in [-0.05, 0) is 49.6 Å². The Morgan fingerprint density at radius 3 is 2.68 bits per heavy atom. The number of rotatable bonds is 6. The maximum atomic E-state index is 14.0. The molecule has 1 heterocycles. The highest BCUT2D eigenvalue weighted by Gasteiger charge is 2.14. The molecule has 1 aromatic heterocycles. The molecule has 3 rings (SSSR count). The Labute approximate surface area is 146 Å². The van der Waals surface area contributed by atoms with E-state index in [2.05, 4.69) is 10.3 Å². The third-order valence-electron chi connectivity index (χ3n) is 4.24.